The molecule has 5 nitrogen and oxygen atoms in total. The summed E-state index contributed by atoms with van der Waals surface area (Å²) in [4.78, 5) is 19.1. The van der Waals surface area contributed by atoms with Crippen LogP contribution in [0.15, 0.2) is 17.1 Å². The van der Waals surface area contributed by atoms with Crippen LogP contribution in [0.2, 0.25) is 5.02 Å². The number of benzene rings is 1. The number of nitrogens with zero attached hydrogens (tertiary/aromatic N) is 2. The highest BCUT2D eigenvalue weighted by Gasteiger charge is 2.54. The predicted molar refractivity (Wildman–Crippen MR) is 100.0 cm³/mol. The third kappa shape index (κ3) is 3.10. The van der Waals surface area contributed by atoms with Crippen molar-refractivity contribution in [2.45, 2.75) is 51.0 Å². The number of amidine groups is 1. The van der Waals surface area contributed by atoms with Crippen molar-refractivity contribution in [1.82, 2.24) is 5.32 Å². The van der Waals surface area contributed by atoms with Gasteiger partial charge in [0.25, 0.3) is 0 Å². The van der Waals surface area contributed by atoms with Crippen molar-refractivity contribution < 1.29 is 9.53 Å². The van der Waals surface area contributed by atoms with Crippen LogP contribution in [0.5, 0.6) is 0 Å². The molecule has 3 aliphatic rings. The molecule has 0 unspecified atom stereocenters. The second-order valence-corrected chi connectivity index (χ2v) is 8.68. The number of amides is 1. The van der Waals surface area contributed by atoms with Gasteiger partial charge in [0.15, 0.2) is 0 Å². The molecule has 1 fully saturated rings. The molecule has 134 valence electrons. The molecule has 0 radical (unpaired) electrons. The Kier molecular flexibility index (Phi) is 3.76. The van der Waals surface area contributed by atoms with Crippen molar-refractivity contribution in [3.8, 4) is 0 Å². The van der Waals surface area contributed by atoms with Gasteiger partial charge in [0.2, 0.25) is 0 Å². The van der Waals surface area contributed by atoms with Gasteiger partial charge in [0.1, 0.15) is 11.4 Å². The van der Waals surface area contributed by atoms with Gasteiger partial charge < -0.3 is 10.1 Å². The Morgan fingerprint density at radius 1 is 1.40 bits per heavy atom. The molecule has 1 saturated carbocycles. The van der Waals surface area contributed by atoms with Crippen LogP contribution in [0.1, 0.15) is 44.7 Å². The number of carbonyl (C=O) groups excluding carboxylic acids is 1. The maximum atomic E-state index is 12.8. The number of rotatable bonds is 2. The number of aliphatic imine (C=N–C) groups is 1. The van der Waals surface area contributed by atoms with Gasteiger partial charge in [-0.1, -0.05) is 11.6 Å². The number of ether oxygens (including phenoxy) is 1. The van der Waals surface area contributed by atoms with Gasteiger partial charge in [0.05, 0.1) is 12.2 Å². The van der Waals surface area contributed by atoms with E-state index in [-0.39, 0.29) is 11.5 Å². The van der Waals surface area contributed by atoms with E-state index in [1.54, 1.807) is 0 Å². The van der Waals surface area contributed by atoms with Crippen molar-refractivity contribution in [2.75, 3.05) is 24.5 Å². The molecular weight excluding hydrogens is 338 g/mol. The van der Waals surface area contributed by atoms with E-state index in [0.29, 0.717) is 13.0 Å². The van der Waals surface area contributed by atoms with E-state index in [2.05, 4.69) is 10.3 Å². The lowest BCUT2D eigenvalue weighted by molar-refractivity contribution is 0.0581. The van der Waals surface area contributed by atoms with Crippen molar-refractivity contribution in [3.63, 3.8) is 0 Å². The lowest BCUT2D eigenvalue weighted by Gasteiger charge is -2.26. The third-order valence-electron chi connectivity index (χ3n) is 5.02. The highest BCUT2D eigenvalue weighted by molar-refractivity contribution is 6.31. The highest BCUT2D eigenvalue weighted by atomic mass is 35.5. The molecule has 1 aromatic rings. The Morgan fingerprint density at radius 3 is 2.76 bits per heavy atom. The lowest BCUT2D eigenvalue weighted by Crippen LogP contribution is -2.37. The van der Waals surface area contributed by atoms with Crippen LogP contribution in [-0.4, -0.2) is 37.2 Å². The maximum Gasteiger partial charge on any atom is 0.414 e. The average Bonchev–Trinajstić information content (AvgIpc) is 2.95. The van der Waals surface area contributed by atoms with E-state index < -0.39 is 5.60 Å². The van der Waals surface area contributed by atoms with E-state index in [1.165, 1.54) is 5.56 Å². The molecule has 1 aromatic carbocycles. The molecule has 2 heterocycles. The van der Waals surface area contributed by atoms with Crippen molar-refractivity contribution >= 4 is 29.2 Å². The van der Waals surface area contributed by atoms with Gasteiger partial charge in [0, 0.05) is 29.9 Å². The molecule has 6 heteroatoms. The van der Waals surface area contributed by atoms with Crippen LogP contribution in [-0.2, 0) is 16.6 Å². The Bertz CT molecular complexity index is 763. The summed E-state index contributed by atoms with van der Waals surface area (Å²) < 4.78 is 5.66. The molecular formula is C19H24ClN3O2. The standard InChI is InChI=1S/C19H24ClN3O2/c1-18(2,3)25-17(24)23-11-19(4-5-19)14-10-13(20)8-12(16(14)23)9-15-21-6-7-22-15/h8,10H,4-7,9,11H2,1-3H3,(H,21,22). The van der Waals surface area contributed by atoms with Crippen molar-refractivity contribution in [2.24, 2.45) is 4.99 Å². The Labute approximate surface area is 153 Å². The summed E-state index contributed by atoms with van der Waals surface area (Å²) in [6, 6.07) is 3.99. The molecule has 4 rings (SSSR count). The number of anilines is 1. The van der Waals surface area contributed by atoms with E-state index >= 15 is 0 Å². The topological polar surface area (TPSA) is 53.9 Å². The van der Waals surface area contributed by atoms with E-state index in [0.717, 1.165) is 48.0 Å². The van der Waals surface area contributed by atoms with Gasteiger partial charge >= 0.3 is 6.09 Å². The molecule has 0 bridgehead atoms. The zero-order chi connectivity index (χ0) is 17.8. The summed E-state index contributed by atoms with van der Waals surface area (Å²) in [6.45, 7) is 8.05. The largest absolute Gasteiger partial charge is 0.443 e. The zero-order valence-corrected chi connectivity index (χ0v) is 15.7. The smallest absolute Gasteiger partial charge is 0.414 e. The van der Waals surface area contributed by atoms with Crippen LogP contribution in [0, 0.1) is 0 Å². The normalized spacial score (nSPS) is 20.3. The summed E-state index contributed by atoms with van der Waals surface area (Å²) in [6.07, 6.45) is 2.58. The van der Waals surface area contributed by atoms with E-state index in [1.807, 2.05) is 37.8 Å². The van der Waals surface area contributed by atoms with Crippen molar-refractivity contribution in [3.05, 3.63) is 28.3 Å². The SMILES string of the molecule is CC(C)(C)OC(=O)N1CC2(CC2)c2cc(Cl)cc(CC3=NCCN3)c21. The van der Waals surface area contributed by atoms with Crippen LogP contribution >= 0.6 is 11.6 Å². The number of carbonyl (C=O) groups is 1. The van der Waals surface area contributed by atoms with Crippen molar-refractivity contribution in [1.29, 1.82) is 0 Å². The minimum Gasteiger partial charge on any atom is -0.443 e. The lowest BCUT2D eigenvalue weighted by atomic mass is 9.95. The minimum atomic E-state index is -0.514. The second kappa shape index (κ2) is 5.63. The summed E-state index contributed by atoms with van der Waals surface area (Å²) in [5.41, 5.74) is 2.77. The Morgan fingerprint density at radius 2 is 2.16 bits per heavy atom. The molecule has 1 aliphatic carbocycles. The molecule has 25 heavy (non-hydrogen) atoms. The Hall–Kier alpha value is -1.75. The molecule has 1 N–H and O–H groups in total. The predicted octanol–water partition coefficient (Wildman–Crippen LogP) is 3.67. The monoisotopic (exact) mass is 361 g/mol. The molecule has 2 aliphatic heterocycles. The first-order valence-electron chi connectivity index (χ1n) is 8.88. The highest BCUT2D eigenvalue weighted by Crippen LogP contribution is 2.58. The number of hydrogen-bond acceptors (Lipinski definition) is 4. The fourth-order valence-electron chi connectivity index (χ4n) is 3.78. The fraction of sp³-hybridized carbons (Fsp3) is 0.579. The zero-order valence-electron chi connectivity index (χ0n) is 15.0. The fourth-order valence-corrected chi connectivity index (χ4v) is 4.02. The van der Waals surface area contributed by atoms with Gasteiger partial charge in [-0.2, -0.15) is 0 Å². The number of fused-ring (bicyclic) bond motifs is 2. The first-order valence-corrected chi connectivity index (χ1v) is 9.26. The summed E-state index contributed by atoms with van der Waals surface area (Å²) >= 11 is 6.41. The Balaban J connectivity index is 1.74. The summed E-state index contributed by atoms with van der Waals surface area (Å²) in [7, 11) is 0. The van der Waals surface area contributed by atoms with Gasteiger partial charge in [-0.3, -0.25) is 9.89 Å². The number of nitrogens with one attached hydrogen (secondary N) is 1. The quantitative estimate of drug-likeness (QED) is 0.874. The average molecular weight is 362 g/mol. The maximum absolute atomic E-state index is 12.8. The van der Waals surface area contributed by atoms with Gasteiger partial charge in [-0.05, 0) is 56.9 Å². The molecule has 1 amide bonds. The minimum absolute atomic E-state index is 0.0663. The van der Waals surface area contributed by atoms with Gasteiger partial charge in [-0.25, -0.2) is 4.79 Å². The van der Waals surface area contributed by atoms with E-state index in [9.17, 15) is 4.79 Å². The molecule has 1 spiro atoms. The summed E-state index contributed by atoms with van der Waals surface area (Å²) in [5, 5.41) is 4.03. The first-order chi connectivity index (χ1) is 11.8. The number of hydrogen-bond donors (Lipinski definition) is 1. The molecule has 0 aromatic heterocycles. The third-order valence-corrected chi connectivity index (χ3v) is 5.24. The molecule has 0 saturated heterocycles. The van der Waals surface area contributed by atoms with Crippen LogP contribution in [0.4, 0.5) is 10.5 Å². The van der Waals surface area contributed by atoms with Crippen LogP contribution in [0.25, 0.3) is 0 Å². The van der Waals surface area contributed by atoms with Crippen LogP contribution in [0.3, 0.4) is 0 Å². The molecule has 0 atom stereocenters. The second-order valence-electron chi connectivity index (χ2n) is 8.24. The van der Waals surface area contributed by atoms with Gasteiger partial charge in [-0.15, -0.1) is 0 Å². The first kappa shape index (κ1) is 16.7. The summed E-state index contributed by atoms with van der Waals surface area (Å²) in [5.74, 6) is 0.963. The van der Waals surface area contributed by atoms with E-state index in [4.69, 9.17) is 16.3 Å². The number of halogens is 1. The van der Waals surface area contributed by atoms with Crippen LogP contribution < -0.4 is 10.2 Å².